The highest BCUT2D eigenvalue weighted by molar-refractivity contribution is 9.10. The zero-order valence-corrected chi connectivity index (χ0v) is 12.5. The van der Waals surface area contributed by atoms with E-state index < -0.39 is 5.97 Å². The van der Waals surface area contributed by atoms with Gasteiger partial charge in [0.2, 0.25) is 0 Å². The van der Waals surface area contributed by atoms with Crippen molar-refractivity contribution in [2.24, 2.45) is 0 Å². The van der Waals surface area contributed by atoms with Crippen LogP contribution in [0.2, 0.25) is 0 Å². The smallest absolute Gasteiger partial charge is 0.336 e. The van der Waals surface area contributed by atoms with Gasteiger partial charge in [0.1, 0.15) is 5.82 Å². The van der Waals surface area contributed by atoms with Gasteiger partial charge in [0.05, 0.1) is 11.1 Å². The largest absolute Gasteiger partial charge is 0.478 e. The van der Waals surface area contributed by atoms with Crippen molar-refractivity contribution in [1.29, 1.82) is 0 Å². The van der Waals surface area contributed by atoms with Gasteiger partial charge >= 0.3 is 5.97 Å². The van der Waals surface area contributed by atoms with E-state index in [1.807, 2.05) is 30.3 Å². The summed E-state index contributed by atoms with van der Waals surface area (Å²) in [4.78, 5) is 15.9. The SMILES string of the molecule is O=C(O)c1cc(Nc2cccc(Br)c2)nc2ccccc12. The van der Waals surface area contributed by atoms with Crippen molar-refractivity contribution in [3.05, 3.63) is 64.6 Å². The Bertz CT molecular complexity index is 833. The van der Waals surface area contributed by atoms with Crippen molar-refractivity contribution in [2.45, 2.75) is 0 Å². The van der Waals surface area contributed by atoms with Crippen LogP contribution in [-0.2, 0) is 0 Å². The molecule has 3 aromatic rings. The minimum atomic E-state index is -0.967. The predicted molar refractivity (Wildman–Crippen MR) is 86.1 cm³/mol. The summed E-state index contributed by atoms with van der Waals surface area (Å²) < 4.78 is 0.937. The van der Waals surface area contributed by atoms with Crippen molar-refractivity contribution in [2.75, 3.05) is 5.32 Å². The third-order valence-corrected chi connectivity index (χ3v) is 3.54. The van der Waals surface area contributed by atoms with Crippen LogP contribution >= 0.6 is 15.9 Å². The summed E-state index contributed by atoms with van der Waals surface area (Å²) in [5, 5.41) is 13.1. The number of benzene rings is 2. The fourth-order valence-electron chi connectivity index (χ4n) is 2.13. The van der Waals surface area contributed by atoms with E-state index in [0.29, 0.717) is 16.7 Å². The Kier molecular flexibility index (Phi) is 3.58. The Morgan fingerprint density at radius 2 is 1.90 bits per heavy atom. The zero-order chi connectivity index (χ0) is 14.8. The van der Waals surface area contributed by atoms with Gasteiger partial charge in [-0.25, -0.2) is 9.78 Å². The number of fused-ring (bicyclic) bond motifs is 1. The molecule has 0 amide bonds. The summed E-state index contributed by atoms with van der Waals surface area (Å²) in [6, 6.07) is 16.3. The molecule has 0 aliphatic heterocycles. The summed E-state index contributed by atoms with van der Waals surface area (Å²) in [7, 11) is 0. The quantitative estimate of drug-likeness (QED) is 0.738. The molecule has 0 aliphatic carbocycles. The molecular weight excluding hydrogens is 332 g/mol. The Balaban J connectivity index is 2.09. The van der Waals surface area contributed by atoms with Gasteiger partial charge in [-0.1, -0.05) is 40.2 Å². The molecule has 0 radical (unpaired) electrons. The number of rotatable bonds is 3. The number of anilines is 2. The molecule has 4 nitrogen and oxygen atoms in total. The minimum absolute atomic E-state index is 0.234. The number of carboxylic acids is 1. The summed E-state index contributed by atoms with van der Waals surface area (Å²) in [5.41, 5.74) is 1.72. The van der Waals surface area contributed by atoms with Crippen molar-refractivity contribution >= 4 is 44.3 Å². The Morgan fingerprint density at radius 3 is 2.67 bits per heavy atom. The highest BCUT2D eigenvalue weighted by Crippen LogP contribution is 2.24. The maximum absolute atomic E-state index is 11.4. The molecule has 0 spiro atoms. The lowest BCUT2D eigenvalue weighted by molar-refractivity contribution is 0.0699. The highest BCUT2D eigenvalue weighted by Gasteiger charge is 2.11. The van der Waals surface area contributed by atoms with Crippen LogP contribution in [0.3, 0.4) is 0 Å². The van der Waals surface area contributed by atoms with E-state index >= 15 is 0 Å². The lowest BCUT2D eigenvalue weighted by atomic mass is 10.1. The third-order valence-electron chi connectivity index (χ3n) is 3.04. The van der Waals surface area contributed by atoms with Crippen molar-refractivity contribution in [1.82, 2.24) is 4.98 Å². The number of halogens is 1. The first-order valence-electron chi connectivity index (χ1n) is 6.29. The average Bonchev–Trinajstić information content (AvgIpc) is 2.46. The number of pyridine rings is 1. The molecule has 21 heavy (non-hydrogen) atoms. The van der Waals surface area contributed by atoms with E-state index in [1.54, 1.807) is 24.3 Å². The molecule has 2 aromatic carbocycles. The maximum Gasteiger partial charge on any atom is 0.336 e. The zero-order valence-electron chi connectivity index (χ0n) is 10.9. The summed E-state index contributed by atoms with van der Waals surface area (Å²) >= 11 is 3.40. The molecule has 0 saturated heterocycles. The molecule has 3 rings (SSSR count). The van der Waals surface area contributed by atoms with Gasteiger partial charge in [0.25, 0.3) is 0 Å². The van der Waals surface area contributed by atoms with Gasteiger partial charge in [-0.2, -0.15) is 0 Å². The number of aromatic nitrogens is 1. The monoisotopic (exact) mass is 342 g/mol. The Hall–Kier alpha value is -2.40. The maximum atomic E-state index is 11.4. The topological polar surface area (TPSA) is 62.2 Å². The molecule has 0 aliphatic rings. The number of hydrogen-bond acceptors (Lipinski definition) is 3. The number of nitrogens with one attached hydrogen (secondary N) is 1. The van der Waals surface area contributed by atoms with Crippen LogP contribution in [0, 0.1) is 0 Å². The molecule has 0 atom stereocenters. The number of hydrogen-bond donors (Lipinski definition) is 2. The first-order chi connectivity index (χ1) is 10.1. The molecule has 1 heterocycles. The lowest BCUT2D eigenvalue weighted by Crippen LogP contribution is -2.02. The number of aromatic carboxylic acids is 1. The molecule has 1 aromatic heterocycles. The molecular formula is C16H11BrN2O2. The van der Waals surface area contributed by atoms with Crippen LogP contribution in [0.15, 0.2) is 59.1 Å². The van der Waals surface area contributed by atoms with E-state index in [1.165, 1.54) is 0 Å². The van der Waals surface area contributed by atoms with Crippen molar-refractivity contribution in [3.8, 4) is 0 Å². The third kappa shape index (κ3) is 2.87. The van der Waals surface area contributed by atoms with E-state index in [2.05, 4.69) is 26.2 Å². The first-order valence-corrected chi connectivity index (χ1v) is 7.08. The van der Waals surface area contributed by atoms with E-state index in [0.717, 1.165) is 10.2 Å². The second kappa shape index (κ2) is 5.54. The number of para-hydroxylation sites is 1. The van der Waals surface area contributed by atoms with Gasteiger partial charge in [-0.05, 0) is 30.3 Å². The first kappa shape index (κ1) is 13.6. The van der Waals surface area contributed by atoms with Crippen LogP contribution < -0.4 is 5.32 Å². The normalized spacial score (nSPS) is 10.5. The Labute approximate surface area is 129 Å². The molecule has 5 heteroatoms. The summed E-state index contributed by atoms with van der Waals surface area (Å²) in [6.45, 7) is 0. The number of carbonyl (C=O) groups is 1. The fourth-order valence-corrected chi connectivity index (χ4v) is 2.53. The minimum Gasteiger partial charge on any atom is -0.478 e. The van der Waals surface area contributed by atoms with E-state index in [4.69, 9.17) is 0 Å². The van der Waals surface area contributed by atoms with Gasteiger partial charge < -0.3 is 10.4 Å². The second-order valence-electron chi connectivity index (χ2n) is 4.51. The number of nitrogens with zero attached hydrogens (tertiary/aromatic N) is 1. The van der Waals surface area contributed by atoms with Crippen LogP contribution in [0.5, 0.6) is 0 Å². The molecule has 0 bridgehead atoms. The average molecular weight is 343 g/mol. The molecule has 0 saturated carbocycles. The van der Waals surface area contributed by atoms with Gasteiger partial charge in [0, 0.05) is 15.5 Å². The fraction of sp³-hybridized carbons (Fsp3) is 0. The van der Waals surface area contributed by atoms with Crippen LogP contribution in [0.4, 0.5) is 11.5 Å². The highest BCUT2D eigenvalue weighted by atomic mass is 79.9. The van der Waals surface area contributed by atoms with Crippen molar-refractivity contribution < 1.29 is 9.90 Å². The van der Waals surface area contributed by atoms with Gasteiger partial charge in [-0.3, -0.25) is 0 Å². The Morgan fingerprint density at radius 1 is 1.10 bits per heavy atom. The van der Waals surface area contributed by atoms with Crippen LogP contribution in [-0.4, -0.2) is 16.1 Å². The predicted octanol–water partition coefficient (Wildman–Crippen LogP) is 4.44. The van der Waals surface area contributed by atoms with E-state index in [-0.39, 0.29) is 5.56 Å². The molecule has 2 N–H and O–H groups in total. The van der Waals surface area contributed by atoms with Crippen molar-refractivity contribution in [3.63, 3.8) is 0 Å². The second-order valence-corrected chi connectivity index (χ2v) is 5.43. The molecule has 104 valence electrons. The summed E-state index contributed by atoms with van der Waals surface area (Å²) in [5.74, 6) is -0.463. The van der Waals surface area contributed by atoms with Gasteiger partial charge in [-0.15, -0.1) is 0 Å². The lowest BCUT2D eigenvalue weighted by Gasteiger charge is -2.09. The number of carboxylic acid groups (broad SMARTS) is 1. The van der Waals surface area contributed by atoms with Crippen LogP contribution in [0.25, 0.3) is 10.9 Å². The molecule has 0 unspecified atom stereocenters. The van der Waals surface area contributed by atoms with Gasteiger partial charge in [0.15, 0.2) is 0 Å². The van der Waals surface area contributed by atoms with Crippen LogP contribution in [0.1, 0.15) is 10.4 Å². The molecule has 0 fully saturated rings. The summed E-state index contributed by atoms with van der Waals surface area (Å²) in [6.07, 6.45) is 0. The van der Waals surface area contributed by atoms with E-state index in [9.17, 15) is 9.90 Å². The standard InChI is InChI=1S/C16H11BrN2O2/c17-10-4-3-5-11(8-10)18-15-9-13(16(20)21)12-6-1-2-7-14(12)19-15/h1-9H,(H,18,19)(H,20,21).